The molecule has 7 nitrogen and oxygen atoms in total. The van der Waals surface area contributed by atoms with E-state index in [9.17, 15) is 9.59 Å². The van der Waals surface area contributed by atoms with Crippen molar-refractivity contribution < 1.29 is 9.59 Å². The summed E-state index contributed by atoms with van der Waals surface area (Å²) >= 11 is 0. The van der Waals surface area contributed by atoms with Crippen molar-refractivity contribution in [3.05, 3.63) is 66.5 Å². The fraction of sp³-hybridized carbons (Fsp3) is 0.259. The normalized spacial score (nSPS) is 14.8. The van der Waals surface area contributed by atoms with E-state index in [2.05, 4.69) is 22.2 Å². The highest BCUT2D eigenvalue weighted by Gasteiger charge is 2.20. The molecule has 1 aliphatic rings. The van der Waals surface area contributed by atoms with Crippen LogP contribution in [-0.2, 0) is 4.79 Å². The smallest absolute Gasteiger partial charge is 0.253 e. The standard InChI is InChI=1S/C27H27N5O2/c1-18(33)29-21-6-3-5-19(15-21)26-23-9-10-28-17-24(23)22-8-7-20(16-25(22)30-26)27(34)32-12-4-11-31(2)13-14-32/h3,5-10,15-17H,4,11-14H2,1-2H3,(H,29,33). The Morgan fingerprint density at radius 3 is 2.68 bits per heavy atom. The van der Waals surface area contributed by atoms with Crippen LogP contribution in [0.2, 0.25) is 0 Å². The number of pyridine rings is 2. The van der Waals surface area contributed by atoms with Crippen LogP contribution in [0, 0.1) is 0 Å². The van der Waals surface area contributed by atoms with Gasteiger partial charge in [0.05, 0.1) is 11.2 Å². The number of benzene rings is 2. The highest BCUT2D eigenvalue weighted by atomic mass is 16.2. The molecule has 0 spiro atoms. The Morgan fingerprint density at radius 1 is 0.941 bits per heavy atom. The highest BCUT2D eigenvalue weighted by Crippen LogP contribution is 2.33. The van der Waals surface area contributed by atoms with Crippen molar-refractivity contribution in [2.24, 2.45) is 0 Å². The number of nitrogens with zero attached hydrogens (tertiary/aromatic N) is 4. The number of hydrogen-bond donors (Lipinski definition) is 1. The fourth-order valence-corrected chi connectivity index (χ4v) is 4.58. The van der Waals surface area contributed by atoms with Crippen LogP contribution in [0.25, 0.3) is 32.9 Å². The first-order valence-corrected chi connectivity index (χ1v) is 11.5. The molecule has 1 aliphatic heterocycles. The van der Waals surface area contributed by atoms with E-state index in [0.29, 0.717) is 11.3 Å². The number of hydrogen-bond acceptors (Lipinski definition) is 5. The molecule has 0 radical (unpaired) electrons. The van der Waals surface area contributed by atoms with Gasteiger partial charge in [-0.25, -0.2) is 4.98 Å². The first-order valence-electron chi connectivity index (χ1n) is 11.5. The molecule has 0 atom stereocenters. The van der Waals surface area contributed by atoms with Crippen molar-refractivity contribution in [2.45, 2.75) is 13.3 Å². The van der Waals surface area contributed by atoms with Gasteiger partial charge in [-0.1, -0.05) is 18.2 Å². The van der Waals surface area contributed by atoms with Gasteiger partial charge in [0.2, 0.25) is 5.91 Å². The second-order valence-corrected chi connectivity index (χ2v) is 8.82. The zero-order valence-electron chi connectivity index (χ0n) is 19.4. The maximum atomic E-state index is 13.3. The zero-order chi connectivity index (χ0) is 23.7. The Bertz CT molecular complexity index is 1400. The SMILES string of the molecule is CC(=O)Nc1cccc(-c2nc3cc(C(=O)N4CCCN(C)CC4)ccc3c3cnccc23)c1. The molecule has 34 heavy (non-hydrogen) atoms. The molecule has 1 fully saturated rings. The van der Waals surface area contributed by atoms with Gasteiger partial charge in [-0.3, -0.25) is 14.6 Å². The molecule has 1 saturated heterocycles. The van der Waals surface area contributed by atoms with Crippen molar-refractivity contribution >= 4 is 39.2 Å². The molecule has 172 valence electrons. The number of carbonyl (C=O) groups excluding carboxylic acids is 2. The van der Waals surface area contributed by atoms with Crippen LogP contribution in [0.4, 0.5) is 5.69 Å². The molecule has 4 aromatic rings. The van der Waals surface area contributed by atoms with Gasteiger partial charge in [-0.2, -0.15) is 0 Å². The monoisotopic (exact) mass is 453 g/mol. The quantitative estimate of drug-likeness (QED) is 0.471. The number of nitrogens with one attached hydrogen (secondary N) is 1. The Labute approximate surface area is 198 Å². The lowest BCUT2D eigenvalue weighted by Gasteiger charge is -2.21. The van der Waals surface area contributed by atoms with Gasteiger partial charge >= 0.3 is 0 Å². The minimum Gasteiger partial charge on any atom is -0.337 e. The summed E-state index contributed by atoms with van der Waals surface area (Å²) in [6.07, 6.45) is 4.57. The Balaban J connectivity index is 1.61. The van der Waals surface area contributed by atoms with Crippen LogP contribution in [-0.4, -0.2) is 64.8 Å². The van der Waals surface area contributed by atoms with Crippen LogP contribution in [0.1, 0.15) is 23.7 Å². The second-order valence-electron chi connectivity index (χ2n) is 8.82. The first kappa shape index (κ1) is 22.0. The minimum atomic E-state index is -0.125. The lowest BCUT2D eigenvalue weighted by Crippen LogP contribution is -2.34. The van der Waals surface area contributed by atoms with Crippen molar-refractivity contribution in [1.29, 1.82) is 0 Å². The van der Waals surface area contributed by atoms with Crippen molar-refractivity contribution in [2.75, 3.05) is 38.5 Å². The summed E-state index contributed by atoms with van der Waals surface area (Å²) in [5.41, 5.74) is 3.78. The van der Waals surface area contributed by atoms with Crippen LogP contribution in [0.3, 0.4) is 0 Å². The summed E-state index contributed by atoms with van der Waals surface area (Å²) in [4.78, 5) is 38.4. The van der Waals surface area contributed by atoms with Crippen LogP contribution in [0.5, 0.6) is 0 Å². The minimum absolute atomic E-state index is 0.0412. The predicted octanol–water partition coefficient (Wildman–Crippen LogP) is 4.19. The molecule has 0 bridgehead atoms. The number of amides is 2. The number of aromatic nitrogens is 2. The largest absolute Gasteiger partial charge is 0.337 e. The molecule has 3 heterocycles. The second kappa shape index (κ2) is 9.19. The van der Waals surface area contributed by atoms with E-state index in [1.807, 2.05) is 59.6 Å². The van der Waals surface area contributed by atoms with E-state index in [1.54, 1.807) is 6.20 Å². The third kappa shape index (κ3) is 4.34. The topological polar surface area (TPSA) is 78.4 Å². The molecular formula is C27H27N5O2. The van der Waals surface area contributed by atoms with Crippen molar-refractivity contribution in [1.82, 2.24) is 19.8 Å². The van der Waals surface area contributed by atoms with E-state index in [1.165, 1.54) is 6.92 Å². The van der Waals surface area contributed by atoms with Gasteiger partial charge in [0.25, 0.3) is 5.91 Å². The van der Waals surface area contributed by atoms with Crippen molar-refractivity contribution in [3.8, 4) is 11.3 Å². The van der Waals surface area contributed by atoms with Gasteiger partial charge in [-0.05, 0) is 50.3 Å². The number of rotatable bonds is 3. The summed E-state index contributed by atoms with van der Waals surface area (Å²) in [7, 11) is 2.09. The number of fused-ring (bicyclic) bond motifs is 3. The molecule has 1 N–H and O–H groups in total. The van der Waals surface area contributed by atoms with Crippen LogP contribution < -0.4 is 5.32 Å². The summed E-state index contributed by atoms with van der Waals surface area (Å²) in [6, 6.07) is 15.3. The Morgan fingerprint density at radius 2 is 1.82 bits per heavy atom. The molecule has 5 rings (SSSR count). The van der Waals surface area contributed by atoms with Gasteiger partial charge in [0.1, 0.15) is 0 Å². The molecule has 7 heteroatoms. The summed E-state index contributed by atoms with van der Waals surface area (Å²) in [5.74, 6) is -0.0833. The summed E-state index contributed by atoms with van der Waals surface area (Å²) in [6.45, 7) is 4.86. The first-order chi connectivity index (χ1) is 16.5. The number of carbonyl (C=O) groups is 2. The van der Waals surface area contributed by atoms with Crippen molar-refractivity contribution in [3.63, 3.8) is 0 Å². The third-order valence-electron chi connectivity index (χ3n) is 6.31. The van der Waals surface area contributed by atoms with Crippen LogP contribution >= 0.6 is 0 Å². The zero-order valence-corrected chi connectivity index (χ0v) is 19.4. The molecule has 2 amide bonds. The lowest BCUT2D eigenvalue weighted by molar-refractivity contribution is -0.114. The molecular weight excluding hydrogens is 426 g/mol. The fourth-order valence-electron chi connectivity index (χ4n) is 4.58. The maximum absolute atomic E-state index is 13.3. The van der Waals surface area contributed by atoms with E-state index in [0.717, 1.165) is 65.5 Å². The average molecular weight is 454 g/mol. The van der Waals surface area contributed by atoms with Gasteiger partial charge in [-0.15, -0.1) is 0 Å². The van der Waals surface area contributed by atoms with Gasteiger partial charge in [0, 0.05) is 71.9 Å². The highest BCUT2D eigenvalue weighted by molar-refractivity contribution is 6.12. The maximum Gasteiger partial charge on any atom is 0.253 e. The van der Waals surface area contributed by atoms with E-state index >= 15 is 0 Å². The Kier molecular flexibility index (Phi) is 5.94. The molecule has 0 aliphatic carbocycles. The lowest BCUT2D eigenvalue weighted by atomic mass is 10.00. The molecule has 0 unspecified atom stereocenters. The summed E-state index contributed by atoms with van der Waals surface area (Å²) < 4.78 is 0. The Hall–Kier alpha value is -3.84. The van der Waals surface area contributed by atoms with Gasteiger partial charge in [0.15, 0.2) is 0 Å². The molecule has 2 aromatic carbocycles. The van der Waals surface area contributed by atoms with E-state index < -0.39 is 0 Å². The molecule has 2 aromatic heterocycles. The predicted molar refractivity (Wildman–Crippen MR) is 135 cm³/mol. The average Bonchev–Trinajstić information content (AvgIpc) is 3.07. The van der Waals surface area contributed by atoms with Crippen LogP contribution in [0.15, 0.2) is 60.9 Å². The van der Waals surface area contributed by atoms with E-state index in [-0.39, 0.29) is 11.8 Å². The molecule has 0 saturated carbocycles. The van der Waals surface area contributed by atoms with E-state index in [4.69, 9.17) is 4.98 Å². The number of anilines is 1. The number of likely N-dealkylation sites (N-methyl/N-ethyl adjacent to an activating group) is 1. The summed E-state index contributed by atoms with van der Waals surface area (Å²) in [5, 5.41) is 5.74. The third-order valence-corrected chi connectivity index (χ3v) is 6.31. The van der Waals surface area contributed by atoms with Gasteiger partial charge < -0.3 is 15.1 Å².